The zero-order valence-corrected chi connectivity index (χ0v) is 17.6. The maximum absolute atomic E-state index is 12.5. The van der Waals surface area contributed by atoms with Gasteiger partial charge in [0.2, 0.25) is 0 Å². The Morgan fingerprint density at radius 2 is 2.29 bits per heavy atom. The normalized spacial score (nSPS) is 16.6. The number of aromatic nitrogens is 3. The number of nitrogens with one attached hydrogen (secondary N) is 2. The lowest BCUT2D eigenvalue weighted by atomic mass is 10.1. The van der Waals surface area contributed by atoms with E-state index in [-0.39, 0.29) is 17.9 Å². The van der Waals surface area contributed by atoms with E-state index >= 15 is 0 Å². The summed E-state index contributed by atoms with van der Waals surface area (Å²) >= 11 is 0. The van der Waals surface area contributed by atoms with Crippen LogP contribution >= 0.6 is 0 Å². The summed E-state index contributed by atoms with van der Waals surface area (Å²) in [6.45, 7) is 6.77. The van der Waals surface area contributed by atoms with Gasteiger partial charge in [-0.1, -0.05) is 12.6 Å². The number of aromatic amines is 1. The number of rotatable bonds is 6. The van der Waals surface area contributed by atoms with Crippen molar-refractivity contribution in [3.8, 4) is 11.3 Å². The number of nitrogens with zero attached hydrogens (tertiary/aromatic N) is 3. The van der Waals surface area contributed by atoms with E-state index in [0.717, 1.165) is 41.6 Å². The zero-order valence-electron chi connectivity index (χ0n) is 17.6. The molecule has 1 aromatic carbocycles. The summed E-state index contributed by atoms with van der Waals surface area (Å²) < 4.78 is 7.25. The number of hydrogen-bond donors (Lipinski definition) is 3. The van der Waals surface area contributed by atoms with Gasteiger partial charge in [-0.15, -0.1) is 0 Å². The maximum atomic E-state index is 12.5. The Kier molecular flexibility index (Phi) is 5.88. The topological polar surface area (TPSA) is 120 Å². The highest BCUT2D eigenvalue weighted by Gasteiger charge is 2.19. The Hall–Kier alpha value is -3.43. The molecule has 162 valence electrons. The van der Waals surface area contributed by atoms with Crippen LogP contribution in [0.3, 0.4) is 0 Å². The third kappa shape index (κ3) is 4.52. The van der Waals surface area contributed by atoms with Crippen LogP contribution in [0.1, 0.15) is 35.9 Å². The van der Waals surface area contributed by atoms with E-state index in [0.29, 0.717) is 23.6 Å². The second kappa shape index (κ2) is 8.75. The highest BCUT2D eigenvalue weighted by molar-refractivity contribution is 5.99. The summed E-state index contributed by atoms with van der Waals surface area (Å²) in [5.41, 5.74) is 4.27. The summed E-state index contributed by atoms with van der Waals surface area (Å²) in [6.07, 6.45) is 2.10. The Balaban J connectivity index is 1.57. The van der Waals surface area contributed by atoms with Gasteiger partial charge < -0.3 is 19.9 Å². The average Bonchev–Trinajstić information content (AvgIpc) is 3.48. The van der Waals surface area contributed by atoms with Crippen molar-refractivity contribution in [3.05, 3.63) is 54.0 Å². The van der Waals surface area contributed by atoms with Crippen molar-refractivity contribution in [1.82, 2.24) is 20.1 Å². The molecule has 1 atom stereocenters. The summed E-state index contributed by atoms with van der Waals surface area (Å²) in [5, 5.41) is 8.24. The molecule has 1 aliphatic heterocycles. The number of aryl methyl sites for hydroxylation is 1. The smallest absolute Gasteiger partial charge is 0.271 e. The van der Waals surface area contributed by atoms with Crippen molar-refractivity contribution >= 4 is 22.7 Å². The Labute approximate surface area is 179 Å². The van der Waals surface area contributed by atoms with Gasteiger partial charge in [-0.2, -0.15) is 11.0 Å². The van der Waals surface area contributed by atoms with Gasteiger partial charge in [0.05, 0.1) is 11.8 Å². The van der Waals surface area contributed by atoms with Gasteiger partial charge in [-0.25, -0.2) is 4.99 Å². The molecule has 9 nitrogen and oxygen atoms in total. The van der Waals surface area contributed by atoms with Crippen molar-refractivity contribution in [2.75, 3.05) is 13.2 Å². The lowest BCUT2D eigenvalue weighted by Crippen LogP contribution is -2.32. The molecule has 0 aliphatic carbocycles. The molecule has 2 aromatic heterocycles. The van der Waals surface area contributed by atoms with Gasteiger partial charge >= 0.3 is 0 Å². The summed E-state index contributed by atoms with van der Waals surface area (Å²) in [5.74, 6) is 5.42. The van der Waals surface area contributed by atoms with Crippen LogP contribution < -0.4 is 11.2 Å². The second-order valence-corrected chi connectivity index (χ2v) is 7.64. The zero-order chi connectivity index (χ0) is 22.0. The number of H-pyrrole nitrogens is 1. The Morgan fingerprint density at radius 3 is 3.00 bits per heavy atom. The minimum absolute atomic E-state index is 0.0909. The largest absolute Gasteiger partial charge is 0.389 e. The van der Waals surface area contributed by atoms with Gasteiger partial charge in [-0.05, 0) is 44.0 Å². The average molecular weight is 422 g/mol. The molecule has 0 spiro atoms. The molecule has 0 bridgehead atoms. The molecule has 1 amide bonds. The molecule has 1 unspecified atom stereocenters. The fraction of sp³-hybridized carbons (Fsp3) is 0.318. The number of ether oxygens (including phenoxy) is 1. The van der Waals surface area contributed by atoms with Crippen LogP contribution in [0, 0.1) is 0 Å². The molecular weight excluding hydrogens is 396 g/mol. The van der Waals surface area contributed by atoms with E-state index < -0.39 is 0 Å². The van der Waals surface area contributed by atoms with Gasteiger partial charge in [0.15, 0.2) is 5.69 Å². The summed E-state index contributed by atoms with van der Waals surface area (Å²) in [7, 11) is 1.82. The molecule has 1 fully saturated rings. The van der Waals surface area contributed by atoms with E-state index in [9.17, 15) is 4.79 Å². The van der Waals surface area contributed by atoms with Gasteiger partial charge in [0.25, 0.3) is 11.8 Å². The van der Waals surface area contributed by atoms with Crippen molar-refractivity contribution in [3.63, 3.8) is 0 Å². The van der Waals surface area contributed by atoms with Crippen molar-refractivity contribution < 1.29 is 14.4 Å². The molecule has 9 heteroatoms. The van der Waals surface area contributed by atoms with Crippen molar-refractivity contribution in [2.24, 2.45) is 17.9 Å². The van der Waals surface area contributed by atoms with Gasteiger partial charge in [-0.3, -0.25) is 9.48 Å². The fourth-order valence-corrected chi connectivity index (χ4v) is 3.68. The van der Waals surface area contributed by atoms with Crippen LogP contribution in [0.25, 0.3) is 22.2 Å². The SMILES string of the molecule is C=C(C)/N=C(\ON)c1cc2cc(-c3cc(C(=O)NCC4CCCO4)nn3C)ccc2[nH]1. The van der Waals surface area contributed by atoms with Crippen molar-refractivity contribution in [2.45, 2.75) is 25.9 Å². The quantitative estimate of drug-likeness (QED) is 0.320. The van der Waals surface area contributed by atoms with Crippen molar-refractivity contribution in [1.29, 1.82) is 0 Å². The summed E-state index contributed by atoms with van der Waals surface area (Å²) in [6, 6.07) is 9.62. The van der Waals surface area contributed by atoms with Crippen LogP contribution in [-0.2, 0) is 16.6 Å². The third-order valence-electron chi connectivity index (χ3n) is 5.18. The minimum atomic E-state index is -0.205. The highest BCUT2D eigenvalue weighted by Crippen LogP contribution is 2.26. The molecule has 1 aliphatic rings. The highest BCUT2D eigenvalue weighted by atomic mass is 16.6. The monoisotopic (exact) mass is 422 g/mol. The molecule has 1 saturated heterocycles. The standard InChI is InChI=1S/C22H26N6O3/c1-13(2)25-22(31-23)19-10-15-9-14(6-7-17(15)26-19)20-11-18(27-28(20)3)21(29)24-12-16-5-4-8-30-16/h6-7,9-11,16,26H,1,4-5,8,12,23H2,2-3H3,(H,24,29)/b25-22-. The van der Waals surface area contributed by atoms with E-state index in [1.54, 1.807) is 17.7 Å². The van der Waals surface area contributed by atoms with Gasteiger partial charge in [0.1, 0.15) is 5.69 Å². The van der Waals surface area contributed by atoms with Crippen LogP contribution in [0.15, 0.2) is 47.6 Å². The predicted molar refractivity (Wildman–Crippen MR) is 118 cm³/mol. The van der Waals surface area contributed by atoms with E-state index in [4.69, 9.17) is 15.5 Å². The number of carbonyl (C=O) groups is 1. The van der Waals surface area contributed by atoms with Crippen LogP contribution in [0.2, 0.25) is 0 Å². The Morgan fingerprint density at radius 1 is 1.45 bits per heavy atom. The molecule has 0 radical (unpaired) electrons. The molecule has 4 N–H and O–H groups in total. The number of amides is 1. The number of benzene rings is 1. The lowest BCUT2D eigenvalue weighted by Gasteiger charge is -2.09. The predicted octanol–water partition coefficient (Wildman–Crippen LogP) is 2.65. The first kappa shape index (κ1) is 20.8. The van der Waals surface area contributed by atoms with Gasteiger partial charge in [0, 0.05) is 42.4 Å². The number of fused-ring (bicyclic) bond motifs is 1. The number of carbonyl (C=O) groups excluding carboxylic acids is 1. The first-order valence-corrected chi connectivity index (χ1v) is 10.1. The first-order chi connectivity index (χ1) is 14.9. The Bertz CT molecular complexity index is 1150. The number of nitrogens with two attached hydrogens (primary N) is 1. The molecular formula is C22H26N6O3. The van der Waals surface area contributed by atoms with E-state index in [1.165, 1.54) is 0 Å². The molecule has 31 heavy (non-hydrogen) atoms. The molecule has 4 rings (SSSR count). The number of allylic oxidation sites excluding steroid dienone is 1. The van der Waals surface area contributed by atoms with E-state index in [1.807, 2.05) is 31.3 Å². The molecule has 3 heterocycles. The fourth-order valence-electron chi connectivity index (χ4n) is 3.68. The summed E-state index contributed by atoms with van der Waals surface area (Å²) in [4.78, 5) is 24.8. The first-order valence-electron chi connectivity index (χ1n) is 10.1. The second-order valence-electron chi connectivity index (χ2n) is 7.64. The lowest BCUT2D eigenvalue weighted by molar-refractivity contribution is 0.0853. The number of aliphatic imine (C=N–C) groups is 1. The third-order valence-corrected chi connectivity index (χ3v) is 5.18. The van der Waals surface area contributed by atoms with Crippen LogP contribution in [0.4, 0.5) is 0 Å². The maximum Gasteiger partial charge on any atom is 0.271 e. The molecule has 0 saturated carbocycles. The van der Waals surface area contributed by atoms with Crippen LogP contribution in [0.5, 0.6) is 0 Å². The number of hydrogen-bond acceptors (Lipinski definition) is 6. The van der Waals surface area contributed by atoms with Crippen LogP contribution in [-0.4, -0.2) is 45.8 Å². The molecule has 3 aromatic rings. The van der Waals surface area contributed by atoms with E-state index in [2.05, 4.69) is 27.0 Å². The minimum Gasteiger partial charge on any atom is -0.389 e.